The molecule has 0 saturated heterocycles. The van der Waals surface area contributed by atoms with Crippen molar-refractivity contribution in [3.05, 3.63) is 9.34 Å². The van der Waals surface area contributed by atoms with E-state index in [1.807, 2.05) is 22.6 Å². The van der Waals surface area contributed by atoms with Crippen molar-refractivity contribution in [2.24, 2.45) is 0 Å². The molecular formula is C9H12INO4. The second-order valence-corrected chi connectivity index (χ2v) is 4.82. The second kappa shape index (κ2) is 3.99. The van der Waals surface area contributed by atoms with Crippen LogP contribution in [0.25, 0.3) is 0 Å². The Morgan fingerprint density at radius 2 is 2.13 bits per heavy atom. The van der Waals surface area contributed by atoms with Crippen LogP contribution in [0, 0.1) is 0 Å². The number of nitrogens with zero attached hydrogens (tertiary/aromatic N) is 1. The van der Waals surface area contributed by atoms with Crippen molar-refractivity contribution in [1.82, 2.24) is 4.90 Å². The lowest BCUT2D eigenvalue weighted by molar-refractivity contribution is -0.161. The van der Waals surface area contributed by atoms with Gasteiger partial charge in [-0.3, -0.25) is 9.69 Å². The molecule has 84 valence electrons. The van der Waals surface area contributed by atoms with E-state index in [2.05, 4.69) is 0 Å². The van der Waals surface area contributed by atoms with E-state index in [1.165, 1.54) is 18.7 Å². The van der Waals surface area contributed by atoms with Crippen molar-refractivity contribution in [2.75, 3.05) is 6.73 Å². The fraction of sp³-hybridized carbons (Fsp3) is 0.556. The molecule has 0 atom stereocenters. The van der Waals surface area contributed by atoms with Crippen molar-refractivity contribution in [3.63, 3.8) is 0 Å². The summed E-state index contributed by atoms with van der Waals surface area (Å²) in [7, 11) is 0. The highest BCUT2D eigenvalue weighted by Gasteiger charge is 2.41. The van der Waals surface area contributed by atoms with Gasteiger partial charge in [-0.25, -0.2) is 4.79 Å². The lowest BCUT2D eigenvalue weighted by Gasteiger charge is -2.37. The largest absolute Gasteiger partial charge is 0.480 e. The molecule has 0 fully saturated rings. The number of carboxylic acids is 1. The lowest BCUT2D eigenvalue weighted by Crippen LogP contribution is -2.55. The van der Waals surface area contributed by atoms with Gasteiger partial charge in [0.15, 0.2) is 6.73 Å². The van der Waals surface area contributed by atoms with Gasteiger partial charge in [-0.1, -0.05) is 0 Å². The van der Waals surface area contributed by atoms with E-state index >= 15 is 0 Å². The number of halogens is 1. The van der Waals surface area contributed by atoms with Crippen LogP contribution in [0.1, 0.15) is 20.8 Å². The first-order valence-electron chi connectivity index (χ1n) is 4.33. The first-order valence-corrected chi connectivity index (χ1v) is 5.41. The van der Waals surface area contributed by atoms with Gasteiger partial charge in [0, 0.05) is 0 Å². The number of rotatable bonds is 2. The molecule has 15 heavy (non-hydrogen) atoms. The van der Waals surface area contributed by atoms with E-state index in [0.717, 1.165) is 0 Å². The molecule has 1 heterocycles. The summed E-state index contributed by atoms with van der Waals surface area (Å²) in [5.74, 6) is -0.812. The molecule has 1 rings (SSSR count). The number of carbonyl (C=O) groups excluding carboxylic acids is 1. The highest BCUT2D eigenvalue weighted by molar-refractivity contribution is 14.1. The average molecular weight is 325 g/mol. The molecule has 1 aliphatic heterocycles. The van der Waals surface area contributed by atoms with E-state index < -0.39 is 11.5 Å². The molecule has 1 amide bonds. The molecule has 0 saturated carbocycles. The van der Waals surface area contributed by atoms with Crippen LogP contribution in [-0.4, -0.2) is 34.2 Å². The predicted molar refractivity (Wildman–Crippen MR) is 61.2 cm³/mol. The van der Waals surface area contributed by atoms with Crippen LogP contribution in [0.4, 0.5) is 0 Å². The van der Waals surface area contributed by atoms with Gasteiger partial charge in [-0.05, 0) is 43.4 Å². The fourth-order valence-corrected chi connectivity index (χ4v) is 1.53. The van der Waals surface area contributed by atoms with Crippen LogP contribution in [0.15, 0.2) is 9.34 Å². The normalized spacial score (nSPS) is 17.9. The van der Waals surface area contributed by atoms with Gasteiger partial charge < -0.3 is 9.84 Å². The molecule has 1 aliphatic rings. The molecule has 0 aromatic rings. The lowest BCUT2D eigenvalue weighted by atomic mass is 10.0. The minimum absolute atomic E-state index is 0.0174. The molecule has 0 spiro atoms. The van der Waals surface area contributed by atoms with E-state index in [1.54, 1.807) is 6.92 Å². The number of aliphatic carboxylic acids is 1. The van der Waals surface area contributed by atoms with Crippen LogP contribution in [0.3, 0.4) is 0 Å². The van der Waals surface area contributed by atoms with Crippen LogP contribution >= 0.6 is 22.6 Å². The molecule has 1 N–H and O–H groups in total. The molecule has 0 aromatic carbocycles. The maximum atomic E-state index is 11.8. The quantitative estimate of drug-likeness (QED) is 0.778. The molecule has 0 bridgehead atoms. The highest BCUT2D eigenvalue weighted by atomic mass is 127. The van der Waals surface area contributed by atoms with Crippen LogP contribution < -0.4 is 0 Å². The molecule has 0 unspecified atom stereocenters. The molecule has 6 heteroatoms. The van der Waals surface area contributed by atoms with Crippen molar-refractivity contribution < 1.29 is 19.4 Å². The number of hydrogen-bond acceptors (Lipinski definition) is 3. The Labute approximate surface area is 101 Å². The van der Waals surface area contributed by atoms with Crippen molar-refractivity contribution >= 4 is 34.5 Å². The summed E-state index contributed by atoms with van der Waals surface area (Å²) in [6, 6.07) is 0. The van der Waals surface area contributed by atoms with E-state index in [4.69, 9.17) is 9.84 Å². The maximum Gasteiger partial charge on any atom is 0.329 e. The van der Waals surface area contributed by atoms with Crippen molar-refractivity contribution in [1.29, 1.82) is 0 Å². The third-order valence-electron chi connectivity index (χ3n) is 2.35. The van der Waals surface area contributed by atoms with Gasteiger partial charge in [-0.15, -0.1) is 0 Å². The van der Waals surface area contributed by atoms with Crippen LogP contribution in [0.2, 0.25) is 0 Å². The second-order valence-electron chi connectivity index (χ2n) is 3.74. The smallest absolute Gasteiger partial charge is 0.329 e. The molecule has 0 aromatic heterocycles. The van der Waals surface area contributed by atoms with E-state index in [9.17, 15) is 9.59 Å². The standard InChI is InChI=1S/C9H12INO4/c1-5-6(10)7(12)11(4-15-5)9(2,3)8(13)14/h4H2,1-3H3,(H,13,14). The van der Waals surface area contributed by atoms with Gasteiger partial charge in [0.25, 0.3) is 5.91 Å². The summed E-state index contributed by atoms with van der Waals surface area (Å²) in [4.78, 5) is 24.0. The minimum atomic E-state index is -1.26. The highest BCUT2D eigenvalue weighted by Crippen LogP contribution is 2.27. The molecule has 0 aliphatic carbocycles. The Kier molecular flexibility index (Phi) is 3.27. The molecular weight excluding hydrogens is 313 g/mol. The van der Waals surface area contributed by atoms with Gasteiger partial charge in [-0.2, -0.15) is 0 Å². The van der Waals surface area contributed by atoms with Gasteiger partial charge in [0.1, 0.15) is 14.9 Å². The summed E-state index contributed by atoms with van der Waals surface area (Å²) in [6.07, 6.45) is 0. The van der Waals surface area contributed by atoms with Gasteiger partial charge in [0.2, 0.25) is 0 Å². The number of hydrogen-bond donors (Lipinski definition) is 1. The summed E-state index contributed by atoms with van der Waals surface area (Å²) < 4.78 is 5.65. The zero-order chi connectivity index (χ0) is 11.8. The SMILES string of the molecule is CC1=C(I)C(=O)N(C(C)(C)C(=O)O)CO1. The Hall–Kier alpha value is -0.790. The summed E-state index contributed by atoms with van der Waals surface area (Å²) >= 11 is 1.86. The Morgan fingerprint density at radius 3 is 2.60 bits per heavy atom. The topological polar surface area (TPSA) is 66.8 Å². The number of amides is 1. The molecule has 0 radical (unpaired) electrons. The Balaban J connectivity index is 3.03. The zero-order valence-corrected chi connectivity index (χ0v) is 10.9. The van der Waals surface area contributed by atoms with E-state index in [0.29, 0.717) is 9.34 Å². The third-order valence-corrected chi connectivity index (χ3v) is 3.57. The Morgan fingerprint density at radius 1 is 1.60 bits per heavy atom. The summed E-state index contributed by atoms with van der Waals surface area (Å²) in [6.45, 7) is 4.61. The number of ether oxygens (including phenoxy) is 1. The predicted octanol–water partition coefficient (Wildman–Crippen LogP) is 1.33. The van der Waals surface area contributed by atoms with Crippen molar-refractivity contribution in [3.8, 4) is 0 Å². The maximum absolute atomic E-state index is 11.8. The van der Waals surface area contributed by atoms with Gasteiger partial charge in [0.05, 0.1) is 0 Å². The number of carboxylic acid groups (broad SMARTS) is 1. The summed E-state index contributed by atoms with van der Waals surface area (Å²) in [5, 5.41) is 9.00. The number of carbonyl (C=O) groups is 2. The third kappa shape index (κ3) is 2.09. The van der Waals surface area contributed by atoms with E-state index in [-0.39, 0.29) is 12.6 Å². The minimum Gasteiger partial charge on any atom is -0.480 e. The first-order chi connectivity index (χ1) is 6.78. The summed E-state index contributed by atoms with van der Waals surface area (Å²) in [5.41, 5.74) is -1.26. The number of allylic oxidation sites excluding steroid dienone is 1. The van der Waals surface area contributed by atoms with Gasteiger partial charge >= 0.3 is 5.97 Å². The van der Waals surface area contributed by atoms with Crippen molar-refractivity contribution in [2.45, 2.75) is 26.3 Å². The zero-order valence-electron chi connectivity index (χ0n) is 8.70. The Bertz CT molecular complexity index is 348. The molecule has 5 nitrogen and oxygen atoms in total. The fourth-order valence-electron chi connectivity index (χ4n) is 1.08. The average Bonchev–Trinajstić information content (AvgIpc) is 2.13. The van der Waals surface area contributed by atoms with Crippen LogP contribution in [0.5, 0.6) is 0 Å². The monoisotopic (exact) mass is 325 g/mol. The van der Waals surface area contributed by atoms with Crippen LogP contribution in [-0.2, 0) is 14.3 Å². The first kappa shape index (κ1) is 12.3.